The molecule has 0 radical (unpaired) electrons. The van der Waals surface area contributed by atoms with Crippen LogP contribution in [0.25, 0.3) is 0 Å². The molecule has 1 aromatic rings. The van der Waals surface area contributed by atoms with E-state index in [2.05, 4.69) is 30.3 Å². The number of aryl methyl sites for hydroxylation is 1. The highest BCUT2D eigenvalue weighted by atomic mass is 32.1. The fraction of sp³-hybridized carbons (Fsp3) is 0.667. The first kappa shape index (κ1) is 11.1. The van der Waals surface area contributed by atoms with Crippen LogP contribution in [0.4, 0.5) is 0 Å². The average Bonchev–Trinajstić information content (AvgIpc) is 2.86. The largest absolute Gasteiger partial charge is 0.330 e. The van der Waals surface area contributed by atoms with Crippen LogP contribution in [0.2, 0.25) is 0 Å². The second-order valence-electron chi connectivity index (χ2n) is 4.90. The van der Waals surface area contributed by atoms with Gasteiger partial charge in [-0.1, -0.05) is 0 Å². The summed E-state index contributed by atoms with van der Waals surface area (Å²) < 4.78 is 0. The predicted molar refractivity (Wildman–Crippen MR) is 66.1 cm³/mol. The van der Waals surface area contributed by atoms with E-state index in [4.69, 9.17) is 5.73 Å². The van der Waals surface area contributed by atoms with E-state index >= 15 is 0 Å². The first-order valence-corrected chi connectivity index (χ1v) is 6.45. The van der Waals surface area contributed by atoms with Gasteiger partial charge in [0.25, 0.3) is 0 Å². The molecule has 2 N–H and O–H groups in total. The third-order valence-corrected chi connectivity index (χ3v) is 4.38. The van der Waals surface area contributed by atoms with Gasteiger partial charge < -0.3 is 10.6 Å². The summed E-state index contributed by atoms with van der Waals surface area (Å²) in [5.74, 6) is 0. The van der Waals surface area contributed by atoms with Crippen LogP contribution in [0.3, 0.4) is 0 Å². The van der Waals surface area contributed by atoms with Gasteiger partial charge in [-0.2, -0.15) is 0 Å². The summed E-state index contributed by atoms with van der Waals surface area (Å²) in [4.78, 5) is 3.91. The quantitative estimate of drug-likeness (QED) is 0.831. The Hall–Kier alpha value is -0.380. The predicted octanol–water partition coefficient (Wildman–Crippen LogP) is 2.23. The maximum Gasteiger partial charge on any atom is 0.0327 e. The molecule has 84 valence electrons. The molecule has 2 rings (SSSR count). The molecular weight excluding hydrogens is 204 g/mol. The van der Waals surface area contributed by atoms with Crippen molar-refractivity contribution in [3.8, 4) is 0 Å². The molecule has 0 bridgehead atoms. The monoisotopic (exact) mass is 224 g/mol. The third-order valence-electron chi connectivity index (χ3n) is 3.38. The van der Waals surface area contributed by atoms with Crippen LogP contribution in [0.1, 0.15) is 23.3 Å². The minimum atomic E-state index is 0.458. The molecule has 2 nitrogen and oxygen atoms in total. The van der Waals surface area contributed by atoms with Gasteiger partial charge in [-0.15, -0.1) is 11.3 Å². The van der Waals surface area contributed by atoms with E-state index in [0.717, 1.165) is 19.6 Å². The highest BCUT2D eigenvalue weighted by molar-refractivity contribution is 7.10. The number of rotatable bonds is 5. The highest BCUT2D eigenvalue weighted by Crippen LogP contribution is 2.45. The van der Waals surface area contributed by atoms with Gasteiger partial charge >= 0.3 is 0 Å². The van der Waals surface area contributed by atoms with Crippen molar-refractivity contribution in [1.82, 2.24) is 4.90 Å². The van der Waals surface area contributed by atoms with E-state index in [9.17, 15) is 0 Å². The fourth-order valence-electron chi connectivity index (χ4n) is 2.04. The van der Waals surface area contributed by atoms with Crippen LogP contribution in [0.15, 0.2) is 11.4 Å². The maximum atomic E-state index is 5.80. The molecule has 0 atom stereocenters. The van der Waals surface area contributed by atoms with Crippen molar-refractivity contribution in [3.63, 3.8) is 0 Å². The molecule has 1 saturated carbocycles. The Morgan fingerprint density at radius 1 is 1.53 bits per heavy atom. The SMILES string of the molecule is Cc1ccsc1CN(C)CC1(CN)CC1. The summed E-state index contributed by atoms with van der Waals surface area (Å²) in [6, 6.07) is 2.20. The molecule has 1 aliphatic rings. The molecule has 1 fully saturated rings. The number of hydrogen-bond acceptors (Lipinski definition) is 3. The van der Waals surface area contributed by atoms with Gasteiger partial charge in [0.1, 0.15) is 0 Å². The lowest BCUT2D eigenvalue weighted by Gasteiger charge is -2.22. The molecule has 0 aromatic carbocycles. The Labute approximate surface area is 96.1 Å². The molecule has 1 heterocycles. The van der Waals surface area contributed by atoms with Gasteiger partial charge in [0.05, 0.1) is 0 Å². The zero-order chi connectivity index (χ0) is 10.9. The number of hydrogen-bond donors (Lipinski definition) is 1. The topological polar surface area (TPSA) is 29.3 Å². The van der Waals surface area contributed by atoms with E-state index in [1.807, 2.05) is 11.3 Å². The minimum absolute atomic E-state index is 0.458. The van der Waals surface area contributed by atoms with E-state index in [0.29, 0.717) is 5.41 Å². The Kier molecular flexibility index (Phi) is 3.14. The van der Waals surface area contributed by atoms with Gasteiger partial charge in [0.2, 0.25) is 0 Å². The van der Waals surface area contributed by atoms with Crippen LogP contribution >= 0.6 is 11.3 Å². The van der Waals surface area contributed by atoms with E-state index in [1.54, 1.807) is 0 Å². The first-order chi connectivity index (χ1) is 7.15. The first-order valence-electron chi connectivity index (χ1n) is 5.57. The van der Waals surface area contributed by atoms with Crippen LogP contribution < -0.4 is 5.73 Å². The normalized spacial score (nSPS) is 18.4. The molecule has 0 unspecified atom stereocenters. The van der Waals surface area contributed by atoms with Crippen LogP contribution in [0.5, 0.6) is 0 Å². The molecule has 1 aliphatic carbocycles. The Balaban J connectivity index is 1.87. The lowest BCUT2D eigenvalue weighted by molar-refractivity contribution is 0.261. The van der Waals surface area contributed by atoms with E-state index in [-0.39, 0.29) is 0 Å². The van der Waals surface area contributed by atoms with Crippen molar-refractivity contribution in [1.29, 1.82) is 0 Å². The lowest BCUT2D eigenvalue weighted by atomic mass is 10.1. The molecule has 0 spiro atoms. The Morgan fingerprint density at radius 2 is 2.27 bits per heavy atom. The Bertz CT molecular complexity index is 328. The maximum absolute atomic E-state index is 5.80. The number of thiophene rings is 1. The van der Waals surface area contributed by atoms with Crippen LogP contribution in [0, 0.1) is 12.3 Å². The van der Waals surface area contributed by atoms with Crippen molar-refractivity contribution in [2.75, 3.05) is 20.1 Å². The highest BCUT2D eigenvalue weighted by Gasteiger charge is 2.41. The smallest absolute Gasteiger partial charge is 0.0327 e. The van der Waals surface area contributed by atoms with Gasteiger partial charge in [0.15, 0.2) is 0 Å². The van der Waals surface area contributed by atoms with Crippen molar-refractivity contribution < 1.29 is 0 Å². The Morgan fingerprint density at radius 3 is 2.73 bits per heavy atom. The van der Waals surface area contributed by atoms with Gasteiger partial charge in [-0.3, -0.25) is 0 Å². The molecule has 3 heteroatoms. The lowest BCUT2D eigenvalue weighted by Crippen LogP contribution is -2.31. The molecular formula is C12H20N2S. The van der Waals surface area contributed by atoms with Crippen LogP contribution in [-0.4, -0.2) is 25.0 Å². The van der Waals surface area contributed by atoms with E-state index in [1.165, 1.54) is 23.3 Å². The molecule has 0 saturated heterocycles. The summed E-state index contributed by atoms with van der Waals surface area (Å²) in [5.41, 5.74) is 7.68. The zero-order valence-corrected chi connectivity index (χ0v) is 10.4. The van der Waals surface area contributed by atoms with E-state index < -0.39 is 0 Å². The second kappa shape index (κ2) is 4.24. The molecule has 0 amide bonds. The molecule has 15 heavy (non-hydrogen) atoms. The summed E-state index contributed by atoms with van der Waals surface area (Å²) in [6.07, 6.45) is 2.63. The number of nitrogens with two attached hydrogens (primary N) is 1. The van der Waals surface area contributed by atoms with Crippen molar-refractivity contribution in [2.24, 2.45) is 11.1 Å². The molecule has 0 aliphatic heterocycles. The minimum Gasteiger partial charge on any atom is -0.330 e. The fourth-order valence-corrected chi connectivity index (χ4v) is 3.03. The summed E-state index contributed by atoms with van der Waals surface area (Å²) in [5, 5.41) is 2.17. The average molecular weight is 224 g/mol. The summed E-state index contributed by atoms with van der Waals surface area (Å²) >= 11 is 1.86. The van der Waals surface area contributed by atoms with Crippen molar-refractivity contribution >= 4 is 11.3 Å². The summed E-state index contributed by atoms with van der Waals surface area (Å²) in [6.45, 7) is 5.27. The third kappa shape index (κ3) is 2.60. The van der Waals surface area contributed by atoms with Crippen molar-refractivity contribution in [3.05, 3.63) is 21.9 Å². The van der Waals surface area contributed by atoms with Crippen molar-refractivity contribution in [2.45, 2.75) is 26.3 Å². The second-order valence-corrected chi connectivity index (χ2v) is 5.90. The zero-order valence-electron chi connectivity index (χ0n) is 9.62. The van der Waals surface area contributed by atoms with Gasteiger partial charge in [0, 0.05) is 18.0 Å². The standard InChI is InChI=1S/C12H20N2S/c1-10-3-6-15-11(10)7-14(2)9-12(8-13)4-5-12/h3,6H,4-5,7-9,13H2,1-2H3. The van der Waals surface area contributed by atoms with Gasteiger partial charge in [-0.05, 0) is 55.8 Å². The molecule has 1 aromatic heterocycles. The number of nitrogens with zero attached hydrogens (tertiary/aromatic N) is 1. The van der Waals surface area contributed by atoms with Crippen LogP contribution in [-0.2, 0) is 6.54 Å². The summed E-state index contributed by atoms with van der Waals surface area (Å²) in [7, 11) is 2.20. The van der Waals surface area contributed by atoms with Gasteiger partial charge in [-0.25, -0.2) is 0 Å².